The summed E-state index contributed by atoms with van der Waals surface area (Å²) >= 11 is 0. The second kappa shape index (κ2) is 3.98. The van der Waals surface area contributed by atoms with Gasteiger partial charge in [0.25, 0.3) is 0 Å². The Bertz CT molecular complexity index is 441. The molecular weight excluding hydrogens is 210 g/mol. The molecule has 2 unspecified atom stereocenters. The smallest absolute Gasteiger partial charge is 0.0450 e. The molecule has 2 bridgehead atoms. The summed E-state index contributed by atoms with van der Waals surface area (Å²) in [4.78, 5) is 7.11. The van der Waals surface area contributed by atoms with Gasteiger partial charge in [0.05, 0.1) is 0 Å². The third-order valence-corrected chi connectivity index (χ3v) is 4.36. The minimum absolute atomic E-state index is 0.600. The Morgan fingerprint density at radius 2 is 2.24 bits per heavy atom. The molecule has 1 saturated heterocycles. The minimum atomic E-state index is 0.600. The highest BCUT2D eigenvalue weighted by atomic mass is 15.2. The van der Waals surface area contributed by atoms with Crippen molar-refractivity contribution in [2.45, 2.75) is 45.7 Å². The van der Waals surface area contributed by atoms with E-state index >= 15 is 0 Å². The molecule has 1 aromatic heterocycles. The molecular formula is C14H21N3. The van der Waals surface area contributed by atoms with E-state index in [-0.39, 0.29) is 0 Å². The maximum absolute atomic E-state index is 5.90. The summed E-state index contributed by atoms with van der Waals surface area (Å²) in [6, 6.07) is 2.97. The van der Waals surface area contributed by atoms with Gasteiger partial charge in [-0.05, 0) is 45.1 Å². The Labute approximate surface area is 103 Å². The lowest BCUT2D eigenvalue weighted by Crippen LogP contribution is -2.33. The second-order valence-electron chi connectivity index (χ2n) is 5.54. The van der Waals surface area contributed by atoms with Gasteiger partial charge in [-0.1, -0.05) is 0 Å². The lowest BCUT2D eigenvalue weighted by atomic mass is 10.1. The number of anilines is 1. The van der Waals surface area contributed by atoms with Crippen LogP contribution in [0, 0.1) is 19.8 Å². The van der Waals surface area contributed by atoms with Crippen LogP contribution in [0.25, 0.3) is 0 Å². The molecule has 1 aliphatic carbocycles. The Morgan fingerprint density at radius 1 is 1.41 bits per heavy atom. The van der Waals surface area contributed by atoms with E-state index in [1.165, 1.54) is 37.1 Å². The zero-order valence-corrected chi connectivity index (χ0v) is 10.7. The van der Waals surface area contributed by atoms with Crippen LogP contribution in [0.3, 0.4) is 0 Å². The molecule has 0 spiro atoms. The molecule has 2 atom stereocenters. The molecule has 1 saturated carbocycles. The van der Waals surface area contributed by atoms with Crippen molar-refractivity contribution in [1.29, 1.82) is 0 Å². The number of rotatable bonds is 2. The predicted octanol–water partition coefficient (Wildman–Crippen LogP) is 2.15. The number of fused-ring (bicyclic) bond motifs is 2. The van der Waals surface area contributed by atoms with Crippen LogP contribution < -0.4 is 10.6 Å². The van der Waals surface area contributed by atoms with Crippen molar-refractivity contribution in [1.82, 2.24) is 4.98 Å². The molecule has 1 aliphatic heterocycles. The highest BCUT2D eigenvalue weighted by Crippen LogP contribution is 2.41. The fourth-order valence-corrected chi connectivity index (χ4v) is 3.56. The Balaban J connectivity index is 2.02. The van der Waals surface area contributed by atoms with Gasteiger partial charge in [0.2, 0.25) is 0 Å². The first kappa shape index (κ1) is 11.0. The first-order chi connectivity index (χ1) is 8.19. The number of pyridine rings is 1. The minimum Gasteiger partial charge on any atom is -0.368 e. The van der Waals surface area contributed by atoms with E-state index in [2.05, 4.69) is 29.8 Å². The van der Waals surface area contributed by atoms with E-state index in [0.29, 0.717) is 6.54 Å². The van der Waals surface area contributed by atoms with E-state index in [4.69, 9.17) is 5.73 Å². The number of piperidine rings is 1. The van der Waals surface area contributed by atoms with Gasteiger partial charge < -0.3 is 10.6 Å². The predicted molar refractivity (Wildman–Crippen MR) is 70.1 cm³/mol. The van der Waals surface area contributed by atoms with Gasteiger partial charge in [0.15, 0.2) is 0 Å². The highest BCUT2D eigenvalue weighted by molar-refractivity contribution is 5.58. The third-order valence-electron chi connectivity index (χ3n) is 4.36. The summed E-state index contributed by atoms with van der Waals surface area (Å²) in [6.07, 6.45) is 4.15. The fourth-order valence-electron chi connectivity index (χ4n) is 3.56. The third kappa shape index (κ3) is 1.73. The van der Waals surface area contributed by atoms with Crippen molar-refractivity contribution in [3.8, 4) is 0 Å². The summed E-state index contributed by atoms with van der Waals surface area (Å²) in [6.45, 7) is 5.97. The number of aryl methyl sites for hydroxylation is 2. The van der Waals surface area contributed by atoms with Crippen molar-refractivity contribution < 1.29 is 0 Å². The van der Waals surface area contributed by atoms with Crippen LogP contribution in [0.2, 0.25) is 0 Å². The Hall–Kier alpha value is -1.09. The van der Waals surface area contributed by atoms with Gasteiger partial charge in [-0.3, -0.25) is 4.98 Å². The highest BCUT2D eigenvalue weighted by Gasteiger charge is 2.38. The van der Waals surface area contributed by atoms with E-state index in [1.54, 1.807) is 0 Å². The van der Waals surface area contributed by atoms with Crippen molar-refractivity contribution in [2.75, 3.05) is 11.4 Å². The molecule has 3 heteroatoms. The quantitative estimate of drug-likeness (QED) is 0.848. The molecule has 0 amide bonds. The molecule has 17 heavy (non-hydrogen) atoms. The maximum atomic E-state index is 5.90. The molecule has 0 aromatic carbocycles. The van der Waals surface area contributed by atoms with Crippen LogP contribution >= 0.6 is 0 Å². The molecule has 3 rings (SSSR count). The largest absolute Gasteiger partial charge is 0.368 e. The van der Waals surface area contributed by atoms with Crippen LogP contribution in [0.15, 0.2) is 6.07 Å². The number of aromatic nitrogens is 1. The molecule has 0 radical (unpaired) electrons. The first-order valence-electron chi connectivity index (χ1n) is 6.63. The van der Waals surface area contributed by atoms with Gasteiger partial charge >= 0.3 is 0 Å². The average Bonchev–Trinajstić information content (AvgIpc) is 2.89. The standard InChI is InChI=1S/C14H21N3/c1-9-5-14(13(7-15)10(2)16-9)17-8-11-3-4-12(17)6-11/h5,11-12H,3-4,6-8,15H2,1-2H3. The van der Waals surface area contributed by atoms with E-state index < -0.39 is 0 Å². The summed E-state index contributed by atoms with van der Waals surface area (Å²) < 4.78 is 0. The van der Waals surface area contributed by atoms with Crippen molar-refractivity contribution >= 4 is 5.69 Å². The van der Waals surface area contributed by atoms with Crippen molar-refractivity contribution in [3.63, 3.8) is 0 Å². The van der Waals surface area contributed by atoms with Crippen molar-refractivity contribution in [3.05, 3.63) is 23.0 Å². The average molecular weight is 231 g/mol. The van der Waals surface area contributed by atoms with Gasteiger partial charge in [-0.15, -0.1) is 0 Å². The summed E-state index contributed by atoms with van der Waals surface area (Å²) in [5.74, 6) is 0.916. The summed E-state index contributed by atoms with van der Waals surface area (Å²) in [5, 5.41) is 0. The van der Waals surface area contributed by atoms with Gasteiger partial charge in [-0.25, -0.2) is 0 Å². The second-order valence-corrected chi connectivity index (χ2v) is 5.54. The molecule has 2 fully saturated rings. The molecule has 2 heterocycles. The fraction of sp³-hybridized carbons (Fsp3) is 0.643. The topological polar surface area (TPSA) is 42.1 Å². The number of nitrogens with two attached hydrogens (primary N) is 1. The van der Waals surface area contributed by atoms with Crippen molar-refractivity contribution in [2.24, 2.45) is 11.7 Å². The van der Waals surface area contributed by atoms with E-state index in [9.17, 15) is 0 Å². The molecule has 1 aromatic rings. The number of hydrogen-bond acceptors (Lipinski definition) is 3. The van der Waals surface area contributed by atoms with Crippen LogP contribution in [0.4, 0.5) is 5.69 Å². The monoisotopic (exact) mass is 231 g/mol. The van der Waals surface area contributed by atoms with Crippen LogP contribution in [-0.2, 0) is 6.54 Å². The summed E-state index contributed by atoms with van der Waals surface area (Å²) in [7, 11) is 0. The van der Waals surface area contributed by atoms with E-state index in [1.807, 2.05) is 0 Å². The molecule has 92 valence electrons. The zero-order valence-electron chi connectivity index (χ0n) is 10.7. The molecule has 3 nitrogen and oxygen atoms in total. The zero-order chi connectivity index (χ0) is 12.0. The normalized spacial score (nSPS) is 26.9. The SMILES string of the molecule is Cc1cc(N2CC3CCC2C3)c(CN)c(C)n1. The molecule has 2 aliphatic rings. The van der Waals surface area contributed by atoms with Gasteiger partial charge in [0, 0.05) is 41.8 Å². The maximum Gasteiger partial charge on any atom is 0.0450 e. The lowest BCUT2D eigenvalue weighted by Gasteiger charge is -2.31. The lowest BCUT2D eigenvalue weighted by molar-refractivity contribution is 0.552. The van der Waals surface area contributed by atoms with Gasteiger partial charge in [0.1, 0.15) is 0 Å². The number of nitrogens with zero attached hydrogens (tertiary/aromatic N) is 2. The summed E-state index contributed by atoms with van der Waals surface area (Å²) in [5.41, 5.74) is 10.7. The van der Waals surface area contributed by atoms with Crippen LogP contribution in [-0.4, -0.2) is 17.6 Å². The van der Waals surface area contributed by atoms with Gasteiger partial charge in [-0.2, -0.15) is 0 Å². The molecule has 2 N–H and O–H groups in total. The number of hydrogen-bond donors (Lipinski definition) is 1. The first-order valence-corrected chi connectivity index (χ1v) is 6.63. The van der Waals surface area contributed by atoms with E-state index in [0.717, 1.165) is 23.3 Å². The van der Waals surface area contributed by atoms with Crippen LogP contribution in [0.5, 0.6) is 0 Å². The Morgan fingerprint density at radius 3 is 2.82 bits per heavy atom. The Kier molecular flexibility index (Phi) is 2.58. The van der Waals surface area contributed by atoms with Crippen LogP contribution in [0.1, 0.15) is 36.2 Å².